The van der Waals surface area contributed by atoms with Gasteiger partial charge in [-0.25, -0.2) is 0 Å². The van der Waals surface area contributed by atoms with Crippen LogP contribution in [0.3, 0.4) is 0 Å². The Kier molecular flexibility index (Phi) is 4.36. The van der Waals surface area contributed by atoms with Crippen molar-refractivity contribution in [3.63, 3.8) is 0 Å². The minimum absolute atomic E-state index is 0.262. The summed E-state index contributed by atoms with van der Waals surface area (Å²) in [5.74, 6) is 0.802. The SMILES string of the molecule is CSC1CCC(N2C(=O)CNC2C(C)C)CC1. The molecule has 2 rings (SSSR count). The maximum Gasteiger partial charge on any atom is 0.238 e. The fourth-order valence-electron chi connectivity index (χ4n) is 3.08. The molecule has 1 saturated heterocycles. The zero-order valence-electron chi connectivity index (χ0n) is 11.1. The van der Waals surface area contributed by atoms with Gasteiger partial charge in [0, 0.05) is 11.3 Å². The van der Waals surface area contributed by atoms with E-state index in [4.69, 9.17) is 0 Å². The molecule has 4 heteroatoms. The standard InChI is InChI=1S/C13H24N2OS/c1-9(2)13-14-8-12(16)15(13)10-4-6-11(17-3)7-5-10/h9-11,13-14H,4-8H2,1-3H3. The van der Waals surface area contributed by atoms with Gasteiger partial charge in [0.1, 0.15) is 0 Å². The van der Waals surface area contributed by atoms with E-state index in [1.54, 1.807) is 0 Å². The molecule has 3 nitrogen and oxygen atoms in total. The van der Waals surface area contributed by atoms with Crippen molar-refractivity contribution in [2.45, 2.75) is 57.0 Å². The molecule has 98 valence electrons. The number of carbonyl (C=O) groups is 1. The summed E-state index contributed by atoms with van der Waals surface area (Å²) in [5.41, 5.74) is 0. The highest BCUT2D eigenvalue weighted by Gasteiger charge is 2.38. The molecule has 0 bridgehead atoms. The molecule has 0 aromatic rings. The molecule has 1 amide bonds. The molecule has 0 radical (unpaired) electrons. The van der Waals surface area contributed by atoms with Gasteiger partial charge in [-0.05, 0) is 37.9 Å². The number of thioether (sulfide) groups is 1. The minimum Gasteiger partial charge on any atom is -0.323 e. The first-order chi connectivity index (χ1) is 8.13. The smallest absolute Gasteiger partial charge is 0.238 e. The van der Waals surface area contributed by atoms with Crippen molar-refractivity contribution < 1.29 is 4.79 Å². The van der Waals surface area contributed by atoms with Crippen LogP contribution in [0.4, 0.5) is 0 Å². The van der Waals surface area contributed by atoms with E-state index in [2.05, 4.69) is 30.3 Å². The summed E-state index contributed by atoms with van der Waals surface area (Å²) in [5, 5.41) is 4.16. The predicted octanol–water partition coefficient (Wildman–Crippen LogP) is 2.07. The number of hydrogen-bond donors (Lipinski definition) is 1. The lowest BCUT2D eigenvalue weighted by atomic mass is 9.92. The van der Waals surface area contributed by atoms with Crippen LogP contribution in [0.15, 0.2) is 0 Å². The quantitative estimate of drug-likeness (QED) is 0.839. The molecule has 1 unspecified atom stereocenters. The first kappa shape index (κ1) is 13.2. The summed E-state index contributed by atoms with van der Waals surface area (Å²) in [6, 6.07) is 0.480. The summed E-state index contributed by atoms with van der Waals surface area (Å²) in [6.45, 7) is 4.92. The van der Waals surface area contributed by atoms with Gasteiger partial charge in [-0.2, -0.15) is 11.8 Å². The largest absolute Gasteiger partial charge is 0.323 e. The maximum atomic E-state index is 12.0. The van der Waals surface area contributed by atoms with Crippen molar-refractivity contribution in [1.82, 2.24) is 10.2 Å². The molecular weight excluding hydrogens is 232 g/mol. The Labute approximate surface area is 109 Å². The third-order valence-electron chi connectivity index (χ3n) is 4.05. The molecule has 1 aliphatic heterocycles. The van der Waals surface area contributed by atoms with Gasteiger partial charge >= 0.3 is 0 Å². The van der Waals surface area contributed by atoms with E-state index in [0.717, 1.165) is 5.25 Å². The van der Waals surface area contributed by atoms with Gasteiger partial charge in [0.15, 0.2) is 0 Å². The third-order valence-corrected chi connectivity index (χ3v) is 5.19. The average Bonchev–Trinajstić information content (AvgIpc) is 2.71. The normalized spacial score (nSPS) is 34.7. The van der Waals surface area contributed by atoms with Crippen LogP contribution in [0.1, 0.15) is 39.5 Å². The summed E-state index contributed by atoms with van der Waals surface area (Å²) < 4.78 is 0. The molecule has 1 saturated carbocycles. The van der Waals surface area contributed by atoms with Crippen LogP contribution in [0, 0.1) is 5.92 Å². The van der Waals surface area contributed by atoms with E-state index < -0.39 is 0 Å². The molecule has 1 heterocycles. The molecule has 0 spiro atoms. The molecule has 2 fully saturated rings. The molecule has 17 heavy (non-hydrogen) atoms. The number of nitrogens with one attached hydrogen (secondary N) is 1. The first-order valence-corrected chi connectivity index (χ1v) is 7.99. The molecule has 1 N–H and O–H groups in total. The Morgan fingerprint density at radius 3 is 2.47 bits per heavy atom. The molecule has 1 aliphatic carbocycles. The number of amides is 1. The molecular formula is C13H24N2OS. The lowest BCUT2D eigenvalue weighted by molar-refractivity contribution is -0.131. The Hall–Kier alpha value is -0.220. The van der Waals surface area contributed by atoms with Crippen molar-refractivity contribution in [3.05, 3.63) is 0 Å². The van der Waals surface area contributed by atoms with Gasteiger partial charge in [-0.3, -0.25) is 10.1 Å². The Bertz CT molecular complexity index is 275. The Morgan fingerprint density at radius 2 is 1.94 bits per heavy atom. The van der Waals surface area contributed by atoms with Crippen molar-refractivity contribution in [3.8, 4) is 0 Å². The first-order valence-electron chi connectivity index (χ1n) is 6.70. The second kappa shape index (κ2) is 5.61. The van der Waals surface area contributed by atoms with E-state index in [0.29, 0.717) is 24.4 Å². The van der Waals surface area contributed by atoms with Crippen molar-refractivity contribution in [1.29, 1.82) is 0 Å². The van der Waals surface area contributed by atoms with Crippen LogP contribution in [0.2, 0.25) is 0 Å². The van der Waals surface area contributed by atoms with E-state index in [9.17, 15) is 4.79 Å². The van der Waals surface area contributed by atoms with E-state index in [1.807, 2.05) is 11.8 Å². The Morgan fingerprint density at radius 1 is 1.29 bits per heavy atom. The monoisotopic (exact) mass is 256 g/mol. The van der Waals surface area contributed by atoms with Gasteiger partial charge < -0.3 is 4.90 Å². The average molecular weight is 256 g/mol. The zero-order valence-corrected chi connectivity index (χ0v) is 11.9. The summed E-state index contributed by atoms with van der Waals surface area (Å²) in [4.78, 5) is 14.1. The number of carbonyl (C=O) groups excluding carboxylic acids is 1. The third kappa shape index (κ3) is 2.79. The second-order valence-electron chi connectivity index (χ2n) is 5.54. The van der Waals surface area contributed by atoms with E-state index in [-0.39, 0.29) is 6.17 Å². The summed E-state index contributed by atoms with van der Waals surface area (Å²) in [7, 11) is 0. The topological polar surface area (TPSA) is 32.3 Å². The van der Waals surface area contributed by atoms with Crippen molar-refractivity contribution >= 4 is 17.7 Å². The zero-order chi connectivity index (χ0) is 12.4. The summed E-state index contributed by atoms with van der Waals surface area (Å²) >= 11 is 1.98. The fourth-order valence-corrected chi connectivity index (χ4v) is 3.83. The number of nitrogens with zero attached hydrogens (tertiary/aromatic N) is 1. The van der Waals surface area contributed by atoms with E-state index in [1.165, 1.54) is 25.7 Å². The summed E-state index contributed by atoms with van der Waals surface area (Å²) in [6.07, 6.45) is 7.36. The highest BCUT2D eigenvalue weighted by atomic mass is 32.2. The van der Waals surface area contributed by atoms with Crippen LogP contribution in [-0.2, 0) is 4.79 Å². The van der Waals surface area contributed by atoms with Crippen LogP contribution < -0.4 is 5.32 Å². The lowest BCUT2D eigenvalue weighted by Gasteiger charge is -2.38. The number of rotatable bonds is 3. The predicted molar refractivity (Wildman–Crippen MR) is 73.0 cm³/mol. The van der Waals surface area contributed by atoms with Crippen LogP contribution >= 0.6 is 11.8 Å². The van der Waals surface area contributed by atoms with Crippen molar-refractivity contribution in [2.24, 2.45) is 5.92 Å². The van der Waals surface area contributed by atoms with Gasteiger partial charge in [0.05, 0.1) is 12.7 Å². The molecule has 0 aromatic carbocycles. The maximum absolute atomic E-state index is 12.0. The molecule has 1 atom stereocenters. The van der Waals surface area contributed by atoms with Gasteiger partial charge in [-0.1, -0.05) is 13.8 Å². The number of hydrogen-bond acceptors (Lipinski definition) is 3. The highest BCUT2D eigenvalue weighted by Crippen LogP contribution is 2.32. The highest BCUT2D eigenvalue weighted by molar-refractivity contribution is 7.99. The van der Waals surface area contributed by atoms with Crippen LogP contribution in [0.5, 0.6) is 0 Å². The van der Waals surface area contributed by atoms with Crippen molar-refractivity contribution in [2.75, 3.05) is 12.8 Å². The Balaban J connectivity index is 1.98. The molecule has 2 aliphatic rings. The fraction of sp³-hybridized carbons (Fsp3) is 0.923. The second-order valence-corrected chi connectivity index (χ2v) is 6.68. The van der Waals surface area contributed by atoms with Crippen LogP contribution in [0.25, 0.3) is 0 Å². The molecule has 0 aromatic heterocycles. The lowest BCUT2D eigenvalue weighted by Crippen LogP contribution is -2.48. The van der Waals surface area contributed by atoms with Gasteiger partial charge in [0.25, 0.3) is 0 Å². The van der Waals surface area contributed by atoms with Crippen LogP contribution in [-0.4, -0.2) is 41.1 Å². The van der Waals surface area contributed by atoms with Gasteiger partial charge in [-0.15, -0.1) is 0 Å². The van der Waals surface area contributed by atoms with E-state index >= 15 is 0 Å². The minimum atomic E-state index is 0.262. The van der Waals surface area contributed by atoms with Gasteiger partial charge in [0.2, 0.25) is 5.91 Å².